The lowest BCUT2D eigenvalue weighted by Crippen LogP contribution is -2.65. The second-order valence-corrected chi connectivity index (χ2v) is 9.02. The van der Waals surface area contributed by atoms with Crippen molar-refractivity contribution in [2.45, 2.75) is 25.8 Å². The first-order valence-electron chi connectivity index (χ1n) is 10.7. The second kappa shape index (κ2) is 7.61. The average Bonchev–Trinajstić information content (AvgIpc) is 2.76. The summed E-state index contributed by atoms with van der Waals surface area (Å²) in [6.45, 7) is 1.60. The van der Waals surface area contributed by atoms with E-state index in [1.54, 1.807) is 14.2 Å². The Hall–Kier alpha value is -2.99. The summed E-state index contributed by atoms with van der Waals surface area (Å²) in [6.07, 6.45) is 5.06. The van der Waals surface area contributed by atoms with Gasteiger partial charge in [-0.1, -0.05) is 12.1 Å². The van der Waals surface area contributed by atoms with Crippen LogP contribution in [0.1, 0.15) is 24.8 Å². The molecular weight excluding hydrogens is 392 g/mol. The number of hydrogen-bond donors (Lipinski definition) is 2. The van der Waals surface area contributed by atoms with Crippen molar-refractivity contribution in [1.29, 1.82) is 0 Å². The molecule has 2 bridgehead atoms. The molecule has 0 radical (unpaired) electrons. The third-order valence-corrected chi connectivity index (χ3v) is 6.83. The van der Waals surface area contributed by atoms with Crippen molar-refractivity contribution in [3.05, 3.63) is 54.2 Å². The minimum absolute atomic E-state index is 0.200. The largest absolute Gasteiger partial charge is 0.497 e. The Balaban J connectivity index is 1.32. The second-order valence-electron chi connectivity index (χ2n) is 9.02. The Bertz CT molecular complexity index is 1090. The van der Waals surface area contributed by atoms with Crippen LogP contribution in [-0.4, -0.2) is 37.5 Å². The van der Waals surface area contributed by atoms with Crippen LogP contribution >= 0.6 is 0 Å². The van der Waals surface area contributed by atoms with E-state index in [9.17, 15) is 5.11 Å². The van der Waals surface area contributed by atoms with Gasteiger partial charge in [0.25, 0.3) is 0 Å². The number of nitrogens with zero attached hydrogens (tertiary/aromatic N) is 1. The quantitative estimate of drug-likeness (QED) is 0.534. The Labute approximate surface area is 182 Å². The van der Waals surface area contributed by atoms with E-state index >= 15 is 0 Å². The maximum absolute atomic E-state index is 9.48. The third kappa shape index (κ3) is 3.45. The molecule has 0 unspecified atom stereocenters. The van der Waals surface area contributed by atoms with Crippen molar-refractivity contribution in [3.63, 3.8) is 0 Å². The zero-order chi connectivity index (χ0) is 21.5. The number of ether oxygens (including phenoxy) is 3. The minimum Gasteiger partial charge on any atom is -0.497 e. The lowest BCUT2D eigenvalue weighted by Gasteiger charge is -2.69. The van der Waals surface area contributed by atoms with Gasteiger partial charge in [-0.15, -0.1) is 0 Å². The number of aromatic nitrogens is 1. The number of fused-ring (bicyclic) bond motifs is 1. The van der Waals surface area contributed by atoms with Crippen molar-refractivity contribution in [2.24, 2.45) is 10.8 Å². The topological polar surface area (TPSA) is 72.8 Å². The maximum atomic E-state index is 9.48. The summed E-state index contributed by atoms with van der Waals surface area (Å²) in [5, 5.41) is 15.0. The normalized spacial score (nSPS) is 23.6. The van der Waals surface area contributed by atoms with E-state index in [1.165, 1.54) is 0 Å². The highest BCUT2D eigenvalue weighted by Crippen LogP contribution is 2.72. The van der Waals surface area contributed by atoms with E-state index < -0.39 is 0 Å². The first-order chi connectivity index (χ1) is 15.1. The van der Waals surface area contributed by atoms with E-state index in [-0.39, 0.29) is 10.8 Å². The Morgan fingerprint density at radius 1 is 0.968 bits per heavy atom. The smallest absolute Gasteiger partial charge is 0.134 e. The van der Waals surface area contributed by atoms with Crippen LogP contribution in [0.5, 0.6) is 17.2 Å². The fourth-order valence-corrected chi connectivity index (χ4v) is 5.40. The van der Waals surface area contributed by atoms with Crippen LogP contribution in [0.4, 0.5) is 5.82 Å². The van der Waals surface area contributed by atoms with Crippen LogP contribution < -0.4 is 19.5 Å². The zero-order valence-corrected chi connectivity index (χ0v) is 18.0. The van der Waals surface area contributed by atoms with Crippen LogP contribution in [0.25, 0.3) is 10.8 Å². The van der Waals surface area contributed by atoms with Gasteiger partial charge in [-0.3, -0.25) is 0 Å². The number of pyridine rings is 1. The van der Waals surface area contributed by atoms with E-state index in [4.69, 9.17) is 14.2 Å². The number of nitrogens with one attached hydrogen (secondary N) is 1. The molecule has 0 atom stereocenters. The Morgan fingerprint density at radius 3 is 2.55 bits per heavy atom. The molecule has 6 rings (SSSR count). The molecule has 2 aromatic carbocycles. The van der Waals surface area contributed by atoms with Crippen molar-refractivity contribution < 1.29 is 19.3 Å². The third-order valence-electron chi connectivity index (χ3n) is 6.83. The first kappa shape index (κ1) is 19.9. The zero-order valence-electron chi connectivity index (χ0n) is 18.0. The van der Waals surface area contributed by atoms with Gasteiger partial charge < -0.3 is 24.6 Å². The molecule has 31 heavy (non-hydrogen) atoms. The molecule has 0 spiro atoms. The van der Waals surface area contributed by atoms with Crippen LogP contribution in [0.3, 0.4) is 0 Å². The summed E-state index contributed by atoms with van der Waals surface area (Å²) in [4.78, 5) is 4.56. The summed E-state index contributed by atoms with van der Waals surface area (Å²) in [5.74, 6) is 3.23. The van der Waals surface area contributed by atoms with E-state index in [0.29, 0.717) is 19.8 Å². The molecule has 3 aliphatic carbocycles. The molecule has 3 aromatic rings. The van der Waals surface area contributed by atoms with Crippen LogP contribution in [0.2, 0.25) is 0 Å². The number of aliphatic hydroxyl groups excluding tert-OH is 1. The standard InChI is InChI=1S/C25H28N2O4/c1-29-18-7-6-17(22(10-18)30-2)11-27-23-20-4-3-5-21(19(20)8-9-26-23)31-16-25-12-24(13-25,14-25)15-28/h3-10,28H,11-16H2,1-2H3,(H,26,27). The molecule has 6 nitrogen and oxygen atoms in total. The van der Waals surface area contributed by atoms with Gasteiger partial charge in [-0.25, -0.2) is 4.98 Å². The number of methoxy groups -OCH3 is 2. The predicted octanol–water partition coefficient (Wildman–Crippen LogP) is 4.41. The van der Waals surface area contributed by atoms with Gasteiger partial charge in [0.1, 0.15) is 23.1 Å². The summed E-state index contributed by atoms with van der Waals surface area (Å²) < 4.78 is 17.0. The molecule has 1 heterocycles. The SMILES string of the molecule is COc1ccc(CNc2nccc3c(OCC45CC(CO)(C4)C5)cccc23)c(OC)c1. The molecule has 3 saturated carbocycles. The van der Waals surface area contributed by atoms with Gasteiger partial charge in [-0.2, -0.15) is 0 Å². The van der Waals surface area contributed by atoms with Crippen LogP contribution in [-0.2, 0) is 6.54 Å². The first-order valence-corrected chi connectivity index (χ1v) is 10.7. The fraction of sp³-hybridized carbons (Fsp3) is 0.400. The molecule has 1 aromatic heterocycles. The highest BCUT2D eigenvalue weighted by Gasteiger charge is 2.67. The summed E-state index contributed by atoms with van der Waals surface area (Å²) in [7, 11) is 3.30. The Kier molecular flexibility index (Phi) is 4.89. The molecule has 2 N–H and O–H groups in total. The molecule has 3 aliphatic rings. The number of benzene rings is 2. The minimum atomic E-state index is 0.200. The molecule has 0 aliphatic heterocycles. The van der Waals surface area contributed by atoms with Gasteiger partial charge in [0.05, 0.1) is 20.8 Å². The van der Waals surface area contributed by atoms with E-state index in [0.717, 1.165) is 58.7 Å². The van der Waals surface area contributed by atoms with Gasteiger partial charge in [-0.05, 0) is 48.9 Å². The molecule has 162 valence electrons. The fourth-order valence-electron chi connectivity index (χ4n) is 5.40. The molecule has 6 heteroatoms. The van der Waals surface area contributed by atoms with Gasteiger partial charge in [0, 0.05) is 47.2 Å². The summed E-state index contributed by atoms with van der Waals surface area (Å²) in [6, 6.07) is 13.9. The molecule has 0 amide bonds. The van der Waals surface area contributed by atoms with E-state index in [2.05, 4.69) is 16.4 Å². The van der Waals surface area contributed by atoms with Gasteiger partial charge in [0.15, 0.2) is 0 Å². The lowest BCUT2D eigenvalue weighted by molar-refractivity contribution is -0.235. The number of anilines is 1. The Morgan fingerprint density at radius 2 is 1.81 bits per heavy atom. The van der Waals surface area contributed by atoms with Crippen molar-refractivity contribution in [2.75, 3.05) is 32.8 Å². The molecule has 0 saturated heterocycles. The van der Waals surface area contributed by atoms with Gasteiger partial charge >= 0.3 is 0 Å². The number of rotatable bonds is 9. The highest BCUT2D eigenvalue weighted by molar-refractivity contribution is 5.95. The maximum Gasteiger partial charge on any atom is 0.134 e. The number of hydrogen-bond acceptors (Lipinski definition) is 6. The lowest BCUT2D eigenvalue weighted by atomic mass is 9.36. The highest BCUT2D eigenvalue weighted by atomic mass is 16.5. The van der Waals surface area contributed by atoms with Crippen molar-refractivity contribution >= 4 is 16.6 Å². The molecular formula is C25H28N2O4. The van der Waals surface area contributed by atoms with Crippen LogP contribution in [0.15, 0.2) is 48.7 Å². The van der Waals surface area contributed by atoms with Crippen molar-refractivity contribution in [3.8, 4) is 17.2 Å². The van der Waals surface area contributed by atoms with Crippen LogP contribution in [0, 0.1) is 10.8 Å². The van der Waals surface area contributed by atoms with Crippen molar-refractivity contribution in [1.82, 2.24) is 4.98 Å². The summed E-state index contributed by atoms with van der Waals surface area (Å²) >= 11 is 0. The molecule has 3 fully saturated rings. The summed E-state index contributed by atoms with van der Waals surface area (Å²) in [5.41, 5.74) is 1.49. The van der Waals surface area contributed by atoms with Gasteiger partial charge in [0.2, 0.25) is 0 Å². The average molecular weight is 421 g/mol. The van der Waals surface area contributed by atoms with E-state index in [1.807, 2.05) is 42.6 Å². The number of aliphatic hydroxyl groups is 1. The monoisotopic (exact) mass is 420 g/mol. The predicted molar refractivity (Wildman–Crippen MR) is 120 cm³/mol.